The van der Waals surface area contributed by atoms with Crippen LogP contribution in [0.15, 0.2) is 47.4 Å². The minimum Gasteiger partial charge on any atom is -0.313 e. The Morgan fingerprint density at radius 3 is 2.47 bits per heavy atom. The third-order valence-corrected chi connectivity index (χ3v) is 6.18. The van der Waals surface area contributed by atoms with Gasteiger partial charge in [-0.2, -0.15) is 13.2 Å². The number of nitrogens with one attached hydrogen (secondary N) is 1. The molecular formula is C22H27F4NO3PS+. The molecule has 176 valence electrons. The van der Waals surface area contributed by atoms with Crippen molar-refractivity contribution in [2.45, 2.75) is 49.7 Å². The van der Waals surface area contributed by atoms with E-state index >= 15 is 0 Å². The molecule has 0 spiro atoms. The summed E-state index contributed by atoms with van der Waals surface area (Å²) in [6.45, 7) is 0.480. The van der Waals surface area contributed by atoms with Gasteiger partial charge in [-0.15, -0.1) is 21.2 Å². The molecule has 0 fully saturated rings. The number of aryl methyl sites for hydroxylation is 1. The average molecular weight is 492 g/mol. The zero-order valence-electron chi connectivity index (χ0n) is 17.5. The molecule has 0 amide bonds. The third kappa shape index (κ3) is 10.4. The number of unbranched alkanes of at least 4 members (excludes halogenated alkanes) is 2. The normalized spacial score (nSPS) is 12.2. The fourth-order valence-electron chi connectivity index (χ4n) is 3.08. The number of hydrogen-bond donors (Lipinski definition) is 2. The molecule has 32 heavy (non-hydrogen) atoms. The smallest absolute Gasteiger partial charge is 0.313 e. The summed E-state index contributed by atoms with van der Waals surface area (Å²) in [5.74, 6) is 0.475. The Labute approximate surface area is 190 Å². The molecule has 2 N–H and O–H groups in total. The molecule has 0 aromatic heterocycles. The summed E-state index contributed by atoms with van der Waals surface area (Å²) >= 11 is 1.41. The third-order valence-electron chi connectivity index (χ3n) is 4.69. The van der Waals surface area contributed by atoms with Gasteiger partial charge in [0.05, 0.1) is 5.56 Å². The van der Waals surface area contributed by atoms with E-state index in [1.54, 1.807) is 18.2 Å². The van der Waals surface area contributed by atoms with Crippen LogP contribution in [-0.4, -0.2) is 23.8 Å². The van der Waals surface area contributed by atoms with Crippen LogP contribution in [0.5, 0.6) is 0 Å². The second kappa shape index (κ2) is 13.9. The molecule has 4 nitrogen and oxygen atoms in total. The predicted octanol–water partition coefficient (Wildman–Crippen LogP) is 6.50. The van der Waals surface area contributed by atoms with Gasteiger partial charge in [0.25, 0.3) is 0 Å². The van der Waals surface area contributed by atoms with Crippen molar-refractivity contribution < 1.29 is 31.5 Å². The Hall–Kier alpha value is -1.51. The Kier molecular flexibility index (Phi) is 11.6. The maximum atomic E-state index is 13.5. The predicted molar refractivity (Wildman–Crippen MR) is 118 cm³/mol. The molecule has 1 atom stereocenters. The summed E-state index contributed by atoms with van der Waals surface area (Å²) in [5, 5.41) is 2.91. The van der Waals surface area contributed by atoms with E-state index in [9.17, 15) is 22.1 Å². The molecular weight excluding hydrogens is 465 g/mol. The number of halogens is 4. The number of rotatable bonds is 14. The number of benzene rings is 2. The first-order chi connectivity index (χ1) is 15.3. The Bertz CT molecular complexity index is 850. The van der Waals surface area contributed by atoms with E-state index < -0.39 is 20.0 Å². The van der Waals surface area contributed by atoms with Crippen molar-refractivity contribution in [3.63, 3.8) is 0 Å². The van der Waals surface area contributed by atoms with Crippen LogP contribution in [0.4, 0.5) is 17.6 Å². The molecule has 0 aliphatic carbocycles. The molecule has 0 aliphatic heterocycles. The summed E-state index contributed by atoms with van der Waals surface area (Å²) in [6.07, 6.45) is -0.385. The standard InChI is InChI=1S/C22H26F4NO3PS/c23-19-9-6-17(7-10-19)5-2-1-3-14-32-20-11-8-18(21(15-20)22(24,25)26)16-27-12-4-13-30-31(28)29/h6-11,15,27H,1-5,12-14,16H2/p+1. The van der Waals surface area contributed by atoms with Crippen LogP contribution in [-0.2, 0) is 28.2 Å². The van der Waals surface area contributed by atoms with Gasteiger partial charge >= 0.3 is 14.4 Å². The SMILES string of the molecule is O=[P+](O)OCCCNCc1ccc(SCCCCCc2ccc(F)cc2)cc1C(F)(F)F. The quantitative estimate of drug-likeness (QED) is 0.137. The monoisotopic (exact) mass is 492 g/mol. The first kappa shape index (κ1) is 26.7. The van der Waals surface area contributed by atoms with Crippen molar-refractivity contribution in [3.05, 3.63) is 65.0 Å². The molecule has 0 saturated carbocycles. The van der Waals surface area contributed by atoms with Crippen LogP contribution in [0.3, 0.4) is 0 Å². The molecule has 2 aromatic rings. The van der Waals surface area contributed by atoms with Crippen LogP contribution in [0.2, 0.25) is 0 Å². The van der Waals surface area contributed by atoms with Gasteiger partial charge in [-0.25, -0.2) is 4.39 Å². The van der Waals surface area contributed by atoms with E-state index in [1.165, 1.54) is 36.0 Å². The highest BCUT2D eigenvalue weighted by atomic mass is 32.2. The number of alkyl halides is 3. The summed E-state index contributed by atoms with van der Waals surface area (Å²) in [6, 6.07) is 10.8. The topological polar surface area (TPSA) is 58.6 Å². The maximum absolute atomic E-state index is 13.5. The van der Waals surface area contributed by atoms with E-state index in [0.717, 1.165) is 37.0 Å². The highest BCUT2D eigenvalue weighted by molar-refractivity contribution is 7.99. The van der Waals surface area contributed by atoms with Crippen molar-refractivity contribution in [3.8, 4) is 0 Å². The molecule has 2 rings (SSSR count). The first-order valence-electron chi connectivity index (χ1n) is 10.3. The highest BCUT2D eigenvalue weighted by Gasteiger charge is 2.33. The Morgan fingerprint density at radius 2 is 1.78 bits per heavy atom. The number of hydrogen-bond acceptors (Lipinski definition) is 4. The van der Waals surface area contributed by atoms with E-state index in [0.29, 0.717) is 17.9 Å². The largest absolute Gasteiger partial charge is 0.694 e. The van der Waals surface area contributed by atoms with Crippen molar-refractivity contribution in [2.24, 2.45) is 0 Å². The van der Waals surface area contributed by atoms with Crippen LogP contribution in [0.25, 0.3) is 0 Å². The lowest BCUT2D eigenvalue weighted by molar-refractivity contribution is -0.138. The second-order valence-electron chi connectivity index (χ2n) is 7.20. The summed E-state index contributed by atoms with van der Waals surface area (Å²) in [4.78, 5) is 9.11. The minimum atomic E-state index is -4.44. The zero-order valence-corrected chi connectivity index (χ0v) is 19.2. The maximum Gasteiger partial charge on any atom is 0.694 e. The van der Waals surface area contributed by atoms with E-state index in [4.69, 9.17) is 4.89 Å². The lowest BCUT2D eigenvalue weighted by Gasteiger charge is -2.15. The Balaban J connectivity index is 1.75. The van der Waals surface area contributed by atoms with Gasteiger partial charge in [0, 0.05) is 16.0 Å². The summed E-state index contributed by atoms with van der Waals surface area (Å²) < 4.78 is 68.2. The van der Waals surface area contributed by atoms with Gasteiger partial charge in [0.15, 0.2) is 0 Å². The molecule has 10 heteroatoms. The van der Waals surface area contributed by atoms with E-state index in [2.05, 4.69) is 9.84 Å². The fourth-order valence-corrected chi connectivity index (χ4v) is 4.31. The molecule has 0 bridgehead atoms. The van der Waals surface area contributed by atoms with Crippen molar-refractivity contribution in [1.82, 2.24) is 5.32 Å². The van der Waals surface area contributed by atoms with E-state index in [-0.39, 0.29) is 24.5 Å². The molecule has 0 saturated heterocycles. The summed E-state index contributed by atoms with van der Waals surface area (Å²) in [7, 11) is -2.65. The van der Waals surface area contributed by atoms with Crippen LogP contribution < -0.4 is 5.32 Å². The van der Waals surface area contributed by atoms with Gasteiger partial charge in [0.2, 0.25) is 0 Å². The van der Waals surface area contributed by atoms with Gasteiger partial charge in [-0.1, -0.05) is 24.6 Å². The van der Waals surface area contributed by atoms with Crippen molar-refractivity contribution >= 4 is 20.0 Å². The van der Waals surface area contributed by atoms with E-state index in [1.807, 2.05) is 0 Å². The van der Waals surface area contributed by atoms with Gasteiger partial charge in [-0.05, 0) is 73.4 Å². The molecule has 0 radical (unpaired) electrons. The number of thioether (sulfide) groups is 1. The molecule has 2 aromatic carbocycles. The van der Waals surface area contributed by atoms with Gasteiger partial charge < -0.3 is 5.32 Å². The first-order valence-corrected chi connectivity index (χ1v) is 12.4. The zero-order chi connectivity index (χ0) is 23.4. The average Bonchev–Trinajstić information content (AvgIpc) is 2.74. The lowest BCUT2D eigenvalue weighted by atomic mass is 10.1. The molecule has 0 aliphatic rings. The lowest BCUT2D eigenvalue weighted by Crippen LogP contribution is -2.19. The van der Waals surface area contributed by atoms with Crippen LogP contribution in [0.1, 0.15) is 42.4 Å². The Morgan fingerprint density at radius 1 is 1.03 bits per heavy atom. The summed E-state index contributed by atoms with van der Waals surface area (Å²) in [5.41, 5.74) is 0.589. The van der Waals surface area contributed by atoms with Crippen LogP contribution >= 0.6 is 20.0 Å². The van der Waals surface area contributed by atoms with Crippen LogP contribution in [0, 0.1) is 5.82 Å². The van der Waals surface area contributed by atoms with Gasteiger partial charge in [-0.3, -0.25) is 0 Å². The fraction of sp³-hybridized carbons (Fsp3) is 0.455. The molecule has 0 heterocycles. The molecule has 1 unspecified atom stereocenters. The van der Waals surface area contributed by atoms with Crippen molar-refractivity contribution in [2.75, 3.05) is 18.9 Å². The highest BCUT2D eigenvalue weighted by Crippen LogP contribution is 2.35. The van der Waals surface area contributed by atoms with Crippen molar-refractivity contribution in [1.29, 1.82) is 0 Å². The second-order valence-corrected chi connectivity index (χ2v) is 9.11. The van der Waals surface area contributed by atoms with Gasteiger partial charge in [0.1, 0.15) is 12.4 Å². The minimum absolute atomic E-state index is 0.0500.